The number of hydrogen-bond donors (Lipinski definition) is 1. The van der Waals surface area contributed by atoms with Crippen LogP contribution in [0, 0.1) is 0 Å². The summed E-state index contributed by atoms with van der Waals surface area (Å²) in [6.07, 6.45) is 1.00. The van der Waals surface area contributed by atoms with Gasteiger partial charge >= 0.3 is 0 Å². The third-order valence-electron chi connectivity index (χ3n) is 3.21. The lowest BCUT2D eigenvalue weighted by Gasteiger charge is -2.31. The van der Waals surface area contributed by atoms with Crippen molar-refractivity contribution in [3.05, 3.63) is 22.0 Å². The molecular formula is C12H19N3O. The molecule has 2 N–H and O–H groups in total. The molecule has 2 rings (SSSR count). The molecule has 1 aromatic rings. The fraction of sp³-hybridized carbons (Fsp3) is 0.583. The molecule has 0 bridgehead atoms. The Hall–Kier alpha value is -1.45. The van der Waals surface area contributed by atoms with Gasteiger partial charge in [0.15, 0.2) is 0 Å². The summed E-state index contributed by atoms with van der Waals surface area (Å²) in [5, 5.41) is 0. The van der Waals surface area contributed by atoms with Gasteiger partial charge < -0.3 is 10.6 Å². The molecule has 0 saturated heterocycles. The first-order valence-corrected chi connectivity index (χ1v) is 5.76. The van der Waals surface area contributed by atoms with Crippen molar-refractivity contribution in [2.24, 2.45) is 0 Å². The van der Waals surface area contributed by atoms with Crippen LogP contribution >= 0.6 is 0 Å². The van der Waals surface area contributed by atoms with Crippen molar-refractivity contribution < 1.29 is 0 Å². The van der Waals surface area contributed by atoms with Crippen LogP contribution < -0.4 is 16.2 Å². The summed E-state index contributed by atoms with van der Waals surface area (Å²) in [5.74, 6) is 1.18. The molecule has 88 valence electrons. The van der Waals surface area contributed by atoms with Gasteiger partial charge in [-0.1, -0.05) is 13.8 Å². The highest BCUT2D eigenvalue weighted by atomic mass is 16.1. The van der Waals surface area contributed by atoms with Gasteiger partial charge in [0.05, 0.1) is 5.69 Å². The quantitative estimate of drug-likeness (QED) is 0.779. The van der Waals surface area contributed by atoms with Crippen LogP contribution in [-0.4, -0.2) is 18.2 Å². The number of rotatable bonds is 1. The van der Waals surface area contributed by atoms with Crippen molar-refractivity contribution in [1.82, 2.24) is 4.57 Å². The van der Waals surface area contributed by atoms with Crippen LogP contribution in [0.15, 0.2) is 10.9 Å². The van der Waals surface area contributed by atoms with E-state index in [2.05, 4.69) is 18.7 Å². The molecule has 0 spiro atoms. The van der Waals surface area contributed by atoms with Crippen LogP contribution in [0.2, 0.25) is 0 Å². The van der Waals surface area contributed by atoms with E-state index in [0.717, 1.165) is 36.6 Å². The normalized spacial score (nSPS) is 15.4. The summed E-state index contributed by atoms with van der Waals surface area (Å²) in [6, 6.07) is 1.68. The Morgan fingerprint density at radius 1 is 1.38 bits per heavy atom. The Balaban J connectivity index is 2.70. The van der Waals surface area contributed by atoms with Gasteiger partial charge in [-0.25, -0.2) is 0 Å². The fourth-order valence-corrected chi connectivity index (χ4v) is 2.34. The topological polar surface area (TPSA) is 51.3 Å². The minimum absolute atomic E-state index is 0.0689. The standard InChI is InChI=1S/C12H19N3O/c1-8(2)9-7-10(16)15-6-4-5-14(3)12(15)11(9)13/h7-8H,4-6,13H2,1-3H3. The van der Waals surface area contributed by atoms with E-state index in [9.17, 15) is 4.79 Å². The van der Waals surface area contributed by atoms with Crippen molar-refractivity contribution in [2.75, 3.05) is 24.2 Å². The van der Waals surface area contributed by atoms with Crippen molar-refractivity contribution >= 4 is 11.5 Å². The number of nitrogens with two attached hydrogens (primary N) is 1. The smallest absolute Gasteiger partial charge is 0.252 e. The predicted octanol–water partition coefficient (Wildman–Crippen LogP) is 1.39. The highest BCUT2D eigenvalue weighted by molar-refractivity contribution is 5.68. The molecule has 1 aliphatic rings. The zero-order valence-electron chi connectivity index (χ0n) is 10.2. The van der Waals surface area contributed by atoms with Crippen molar-refractivity contribution in [3.8, 4) is 0 Å². The second-order valence-electron chi connectivity index (χ2n) is 4.76. The maximum atomic E-state index is 12.0. The molecule has 16 heavy (non-hydrogen) atoms. The first kappa shape index (κ1) is 11.0. The predicted molar refractivity (Wildman–Crippen MR) is 67.1 cm³/mol. The zero-order chi connectivity index (χ0) is 11.9. The monoisotopic (exact) mass is 221 g/mol. The molecule has 0 atom stereocenters. The number of aromatic nitrogens is 1. The van der Waals surface area contributed by atoms with E-state index >= 15 is 0 Å². The van der Waals surface area contributed by atoms with Gasteiger partial charge in [-0.2, -0.15) is 0 Å². The summed E-state index contributed by atoms with van der Waals surface area (Å²) in [7, 11) is 1.99. The molecule has 4 nitrogen and oxygen atoms in total. The summed E-state index contributed by atoms with van der Waals surface area (Å²) >= 11 is 0. The Morgan fingerprint density at radius 2 is 2.06 bits per heavy atom. The van der Waals surface area contributed by atoms with Crippen LogP contribution in [0.5, 0.6) is 0 Å². The van der Waals surface area contributed by atoms with Gasteiger partial charge in [-0.05, 0) is 17.9 Å². The van der Waals surface area contributed by atoms with E-state index in [-0.39, 0.29) is 11.5 Å². The van der Waals surface area contributed by atoms with Crippen molar-refractivity contribution in [2.45, 2.75) is 32.7 Å². The van der Waals surface area contributed by atoms with Crippen LogP contribution in [0.3, 0.4) is 0 Å². The second kappa shape index (κ2) is 3.85. The molecule has 1 aromatic heterocycles. The average Bonchev–Trinajstić information content (AvgIpc) is 2.22. The number of hydrogen-bond acceptors (Lipinski definition) is 3. The van der Waals surface area contributed by atoms with Crippen LogP contribution in [-0.2, 0) is 6.54 Å². The number of fused-ring (bicyclic) bond motifs is 1. The van der Waals surface area contributed by atoms with Gasteiger partial charge in [0, 0.05) is 26.2 Å². The summed E-state index contributed by atoms with van der Waals surface area (Å²) in [6.45, 7) is 5.86. The number of anilines is 2. The van der Waals surface area contributed by atoms with Crippen molar-refractivity contribution in [1.29, 1.82) is 0 Å². The Morgan fingerprint density at radius 3 is 2.69 bits per heavy atom. The molecule has 0 amide bonds. The van der Waals surface area contributed by atoms with Gasteiger partial charge in [-0.15, -0.1) is 0 Å². The lowest BCUT2D eigenvalue weighted by atomic mass is 10.0. The maximum absolute atomic E-state index is 12.0. The van der Waals surface area contributed by atoms with E-state index in [1.807, 2.05) is 7.05 Å². The fourth-order valence-electron chi connectivity index (χ4n) is 2.34. The minimum atomic E-state index is 0.0689. The van der Waals surface area contributed by atoms with E-state index in [1.165, 1.54) is 0 Å². The highest BCUT2D eigenvalue weighted by Crippen LogP contribution is 2.31. The lowest BCUT2D eigenvalue weighted by Crippen LogP contribution is -2.36. The Bertz CT molecular complexity index is 462. The largest absolute Gasteiger partial charge is 0.396 e. The van der Waals surface area contributed by atoms with E-state index < -0.39 is 0 Å². The lowest BCUT2D eigenvalue weighted by molar-refractivity contribution is 0.565. The molecule has 0 unspecified atom stereocenters. The second-order valence-corrected chi connectivity index (χ2v) is 4.76. The SMILES string of the molecule is CC(C)c1cc(=O)n2c(c1N)N(C)CCC2. The van der Waals surface area contributed by atoms with E-state index in [4.69, 9.17) is 5.73 Å². The van der Waals surface area contributed by atoms with E-state index in [0.29, 0.717) is 0 Å². The molecule has 0 saturated carbocycles. The average molecular weight is 221 g/mol. The molecule has 0 aliphatic carbocycles. The number of nitrogen functional groups attached to an aromatic ring is 1. The first-order chi connectivity index (χ1) is 7.52. The van der Waals surface area contributed by atoms with Gasteiger partial charge in [-0.3, -0.25) is 9.36 Å². The maximum Gasteiger partial charge on any atom is 0.252 e. The summed E-state index contributed by atoms with van der Waals surface area (Å²) in [5.41, 5.74) is 7.96. The number of pyridine rings is 1. The van der Waals surface area contributed by atoms with E-state index in [1.54, 1.807) is 10.6 Å². The van der Waals surface area contributed by atoms with Crippen LogP contribution in [0.4, 0.5) is 11.5 Å². The summed E-state index contributed by atoms with van der Waals surface area (Å²) < 4.78 is 1.78. The third kappa shape index (κ3) is 1.58. The molecule has 0 aromatic carbocycles. The molecule has 4 heteroatoms. The van der Waals surface area contributed by atoms with Gasteiger partial charge in [0.2, 0.25) is 0 Å². The highest BCUT2D eigenvalue weighted by Gasteiger charge is 2.21. The Kier molecular flexibility index (Phi) is 2.66. The summed E-state index contributed by atoms with van der Waals surface area (Å²) in [4.78, 5) is 14.0. The van der Waals surface area contributed by atoms with Crippen molar-refractivity contribution in [3.63, 3.8) is 0 Å². The molecule has 1 aliphatic heterocycles. The molecule has 2 heterocycles. The molecule has 0 radical (unpaired) electrons. The zero-order valence-corrected chi connectivity index (χ0v) is 10.2. The van der Waals surface area contributed by atoms with Gasteiger partial charge in [0.25, 0.3) is 5.56 Å². The number of nitrogens with zero attached hydrogens (tertiary/aromatic N) is 2. The third-order valence-corrected chi connectivity index (χ3v) is 3.21. The van der Waals surface area contributed by atoms with Gasteiger partial charge in [0.1, 0.15) is 5.82 Å². The Labute approximate surface area is 95.7 Å². The molecular weight excluding hydrogens is 202 g/mol. The van der Waals surface area contributed by atoms with Crippen LogP contribution in [0.25, 0.3) is 0 Å². The van der Waals surface area contributed by atoms with Crippen LogP contribution in [0.1, 0.15) is 31.7 Å². The first-order valence-electron chi connectivity index (χ1n) is 5.76. The minimum Gasteiger partial charge on any atom is -0.396 e. The molecule has 0 fully saturated rings.